The molecule has 0 bridgehead atoms. The van der Waals surface area contributed by atoms with Gasteiger partial charge in [0.05, 0.1) is 0 Å². The van der Waals surface area contributed by atoms with Gasteiger partial charge in [-0.05, 0) is 18.1 Å². The fraction of sp³-hybridized carbons (Fsp3) is 0.320. The van der Waals surface area contributed by atoms with Gasteiger partial charge in [0.25, 0.3) is 11.8 Å². The monoisotopic (exact) mass is 585 g/mol. The fourth-order valence-corrected chi connectivity index (χ4v) is 6.30. The predicted molar refractivity (Wildman–Crippen MR) is 144 cm³/mol. The van der Waals surface area contributed by atoms with Crippen LogP contribution in [0.2, 0.25) is 0 Å². The van der Waals surface area contributed by atoms with Crippen molar-refractivity contribution in [1.82, 2.24) is 15.2 Å². The predicted octanol–water partition coefficient (Wildman–Crippen LogP) is 0.736. The lowest BCUT2D eigenvalue weighted by Gasteiger charge is -2.49. The maximum Gasteiger partial charge on any atom is 0.352 e. The van der Waals surface area contributed by atoms with Crippen LogP contribution in [0, 0.1) is 0 Å². The molecule has 0 aromatic carbocycles. The molecular weight excluding hydrogens is 560 g/mol. The molecule has 0 spiro atoms. The highest BCUT2D eigenvalue weighted by atomic mass is 32.2. The van der Waals surface area contributed by atoms with E-state index in [9.17, 15) is 29.4 Å². The molecule has 0 radical (unpaired) electrons. The molecule has 2 aromatic heterocycles. The number of thiazole rings is 1. The number of carboxylic acid groups (broad SMARTS) is 2. The van der Waals surface area contributed by atoms with Gasteiger partial charge in [-0.25, -0.2) is 19.1 Å². The molecule has 5 rings (SSSR count). The van der Waals surface area contributed by atoms with Gasteiger partial charge in [0.2, 0.25) is 5.60 Å². The molecule has 1 saturated carbocycles. The van der Waals surface area contributed by atoms with E-state index in [4.69, 9.17) is 10.6 Å². The number of aromatic nitrogens is 2. The zero-order chi connectivity index (χ0) is 28.4. The van der Waals surface area contributed by atoms with Crippen molar-refractivity contribution in [3.05, 3.63) is 65.1 Å². The van der Waals surface area contributed by atoms with Crippen molar-refractivity contribution in [2.75, 3.05) is 11.5 Å². The third-order valence-electron chi connectivity index (χ3n) is 6.74. The standard InChI is InChI=1S/C25H24N6O7S2/c26-24-27-15(13-40-24)16(29-38-25(23(36)37)7-5-8-25)19(32)28-17-20(33)31-18(22(34)35)14(12-39-21(17)31)6-4-11-30-9-2-1-3-10-30/h1-4,6,9-10,13,17,21H,5,7-8,11-12H2,(H4-,26,27,28,32,34,35,36,37)/p+1/t17?,21-/m0/s1. The Balaban J connectivity index is 1.32. The number of nitrogens with one attached hydrogen (secondary N) is 1. The van der Waals surface area contributed by atoms with E-state index in [2.05, 4.69) is 15.5 Å². The Morgan fingerprint density at radius 2 is 2.02 bits per heavy atom. The van der Waals surface area contributed by atoms with E-state index >= 15 is 0 Å². The molecule has 2 aliphatic heterocycles. The van der Waals surface area contributed by atoms with Crippen molar-refractivity contribution < 1.29 is 38.8 Å². The van der Waals surface area contributed by atoms with Crippen molar-refractivity contribution in [3.63, 3.8) is 0 Å². The minimum absolute atomic E-state index is 0.0645. The number of β-lactam (4-membered cyclic amide) rings is 1. The van der Waals surface area contributed by atoms with Crippen LogP contribution in [0.5, 0.6) is 0 Å². The summed E-state index contributed by atoms with van der Waals surface area (Å²) >= 11 is 2.37. The molecule has 3 aliphatic rings. The fourth-order valence-electron chi connectivity index (χ4n) is 4.43. The van der Waals surface area contributed by atoms with E-state index in [0.29, 0.717) is 24.3 Å². The van der Waals surface area contributed by atoms with Gasteiger partial charge in [-0.15, -0.1) is 23.1 Å². The Hall–Kier alpha value is -4.24. The summed E-state index contributed by atoms with van der Waals surface area (Å²) < 4.78 is 1.92. The molecule has 2 atom stereocenters. The molecule has 1 unspecified atom stereocenters. The topological polar surface area (TPSA) is 188 Å². The van der Waals surface area contributed by atoms with Gasteiger partial charge in [0.1, 0.15) is 22.8 Å². The van der Waals surface area contributed by atoms with E-state index in [1.54, 1.807) is 6.08 Å². The van der Waals surface area contributed by atoms with Gasteiger partial charge in [-0.2, -0.15) is 0 Å². The quantitative estimate of drug-likeness (QED) is 0.134. The first-order valence-corrected chi connectivity index (χ1v) is 14.2. The lowest BCUT2D eigenvalue weighted by molar-refractivity contribution is -0.687. The number of oxime groups is 1. The second-order valence-electron chi connectivity index (χ2n) is 9.27. The summed E-state index contributed by atoms with van der Waals surface area (Å²) in [4.78, 5) is 60.7. The van der Waals surface area contributed by atoms with Crippen LogP contribution in [0.3, 0.4) is 0 Å². The third-order valence-corrected chi connectivity index (χ3v) is 8.72. The van der Waals surface area contributed by atoms with Crippen LogP contribution >= 0.6 is 23.1 Å². The number of carboxylic acids is 2. The lowest BCUT2D eigenvalue weighted by atomic mass is 9.80. The first-order chi connectivity index (χ1) is 19.2. The number of anilines is 1. The second-order valence-corrected chi connectivity index (χ2v) is 11.3. The highest BCUT2D eigenvalue weighted by Crippen LogP contribution is 2.41. The minimum atomic E-state index is -1.53. The number of nitrogen functional groups attached to an aromatic ring is 1. The summed E-state index contributed by atoms with van der Waals surface area (Å²) in [6.45, 7) is 0.520. The zero-order valence-corrected chi connectivity index (χ0v) is 22.6. The molecule has 2 fully saturated rings. The van der Waals surface area contributed by atoms with Crippen molar-refractivity contribution in [2.45, 2.75) is 42.8 Å². The lowest BCUT2D eigenvalue weighted by Crippen LogP contribution is -2.71. The summed E-state index contributed by atoms with van der Waals surface area (Å²) in [7, 11) is 0. The Morgan fingerprint density at radius 1 is 1.27 bits per heavy atom. The van der Waals surface area contributed by atoms with Crippen LogP contribution < -0.4 is 15.6 Å². The summed E-state index contributed by atoms with van der Waals surface area (Å²) in [5.41, 5.74) is 4.27. The number of hydrogen-bond donors (Lipinski definition) is 4. The molecule has 40 heavy (non-hydrogen) atoms. The number of thioether (sulfide) groups is 1. The third kappa shape index (κ3) is 5.16. The normalized spacial score (nSPS) is 21.9. The number of aliphatic carboxylic acids is 2. The Morgan fingerprint density at radius 3 is 2.62 bits per heavy atom. The first-order valence-electron chi connectivity index (χ1n) is 12.2. The molecule has 5 N–H and O–H groups in total. The number of carbonyl (C=O) groups excluding carboxylic acids is 2. The molecule has 2 amide bonds. The summed E-state index contributed by atoms with van der Waals surface area (Å²) in [6, 6.07) is 4.62. The minimum Gasteiger partial charge on any atom is -0.478 e. The molecular formula is C25H25N6O7S2+. The zero-order valence-electron chi connectivity index (χ0n) is 20.9. The maximum absolute atomic E-state index is 13.3. The van der Waals surface area contributed by atoms with Crippen LogP contribution in [-0.4, -0.2) is 72.3 Å². The van der Waals surface area contributed by atoms with Gasteiger partial charge in [0.15, 0.2) is 29.8 Å². The van der Waals surface area contributed by atoms with Crippen LogP contribution in [0.1, 0.15) is 25.0 Å². The molecule has 15 heteroatoms. The summed E-state index contributed by atoms with van der Waals surface area (Å²) in [5.74, 6) is -3.54. The largest absolute Gasteiger partial charge is 0.478 e. The van der Waals surface area contributed by atoms with Crippen LogP contribution in [0.25, 0.3) is 0 Å². The molecule has 1 saturated heterocycles. The van der Waals surface area contributed by atoms with Crippen LogP contribution in [0.4, 0.5) is 5.13 Å². The average Bonchev–Trinajstić information content (AvgIpc) is 3.34. The molecule has 2 aromatic rings. The first kappa shape index (κ1) is 27.3. The van der Waals surface area contributed by atoms with E-state index in [1.165, 1.54) is 22.0 Å². The SMILES string of the molecule is Nc1nc(C(=NOC2(C(=O)O)CCC2)C(=O)NC2C(=O)N3C(C(=O)O)=C(C=CC[n+]4ccccc4)CS[C@@H]23)cs1. The van der Waals surface area contributed by atoms with Gasteiger partial charge in [-0.3, -0.25) is 14.5 Å². The van der Waals surface area contributed by atoms with Crippen molar-refractivity contribution in [3.8, 4) is 0 Å². The highest BCUT2D eigenvalue weighted by molar-refractivity contribution is 8.00. The van der Waals surface area contributed by atoms with Gasteiger partial charge in [-0.1, -0.05) is 17.3 Å². The van der Waals surface area contributed by atoms with Gasteiger partial charge in [0, 0.05) is 36.1 Å². The number of fused-ring (bicyclic) bond motifs is 1. The number of hydrogen-bond acceptors (Lipinski definition) is 10. The number of carbonyl (C=O) groups is 4. The molecule has 13 nitrogen and oxygen atoms in total. The smallest absolute Gasteiger partial charge is 0.352 e. The Bertz CT molecular complexity index is 1450. The van der Waals surface area contributed by atoms with Crippen molar-refractivity contribution >= 4 is 57.7 Å². The van der Waals surface area contributed by atoms with Crippen LogP contribution in [0.15, 0.2) is 64.6 Å². The van der Waals surface area contributed by atoms with Crippen LogP contribution in [-0.2, 0) is 30.6 Å². The van der Waals surface area contributed by atoms with E-state index < -0.39 is 40.8 Å². The number of nitrogens with two attached hydrogens (primary N) is 1. The number of nitrogens with zero attached hydrogens (tertiary/aromatic N) is 4. The van der Waals surface area contributed by atoms with Gasteiger partial charge < -0.3 is 26.1 Å². The van der Waals surface area contributed by atoms with Crippen molar-refractivity contribution in [1.29, 1.82) is 0 Å². The average molecular weight is 586 g/mol. The number of amides is 2. The highest BCUT2D eigenvalue weighted by Gasteiger charge is 2.54. The second kappa shape index (κ2) is 11.1. The Kier molecular flexibility index (Phi) is 7.58. The molecule has 1 aliphatic carbocycles. The summed E-state index contributed by atoms with van der Waals surface area (Å²) in [6.07, 6.45) is 8.38. The maximum atomic E-state index is 13.3. The number of rotatable bonds is 10. The molecule has 208 valence electrons. The number of allylic oxidation sites excluding steroid dienone is 2. The number of pyridine rings is 1. The van der Waals surface area contributed by atoms with E-state index in [-0.39, 0.29) is 35.1 Å². The van der Waals surface area contributed by atoms with Gasteiger partial charge >= 0.3 is 11.9 Å². The van der Waals surface area contributed by atoms with E-state index in [1.807, 2.05) is 41.2 Å². The van der Waals surface area contributed by atoms with E-state index in [0.717, 1.165) is 11.3 Å². The molecule has 4 heterocycles. The Labute approximate surface area is 236 Å². The van der Waals surface area contributed by atoms with Crippen molar-refractivity contribution in [2.24, 2.45) is 5.16 Å². The summed E-state index contributed by atoms with van der Waals surface area (Å²) in [5, 5.41) is 26.8.